The van der Waals surface area contributed by atoms with E-state index in [4.69, 9.17) is 16.3 Å². The van der Waals surface area contributed by atoms with Gasteiger partial charge in [-0.3, -0.25) is 4.79 Å². The van der Waals surface area contributed by atoms with E-state index in [0.29, 0.717) is 36.6 Å². The number of carbonyl (C=O) groups is 1. The molecule has 4 nitrogen and oxygen atoms in total. The summed E-state index contributed by atoms with van der Waals surface area (Å²) in [5.41, 5.74) is -0.0384. The first-order valence-corrected chi connectivity index (χ1v) is 9.38. The summed E-state index contributed by atoms with van der Waals surface area (Å²) in [6.07, 6.45) is 0.779. The van der Waals surface area contributed by atoms with Crippen molar-refractivity contribution in [1.29, 1.82) is 0 Å². The van der Waals surface area contributed by atoms with E-state index in [1.165, 1.54) is 12.1 Å². The molecule has 2 atom stereocenters. The second-order valence-electron chi connectivity index (χ2n) is 7.14. The fourth-order valence-corrected chi connectivity index (χ4v) is 3.29. The van der Waals surface area contributed by atoms with E-state index in [2.05, 4.69) is 0 Å². The lowest BCUT2D eigenvalue weighted by atomic mass is 9.90. The van der Waals surface area contributed by atoms with Crippen LogP contribution in [-0.4, -0.2) is 40.7 Å². The lowest BCUT2D eigenvalue weighted by Crippen LogP contribution is -2.57. The standard InChI is InChI=1S/C21H23ClFNO3/c1-21(26)11-12-24(14-19(21)27-18-4-2-3-17(23)13-18)20(25)10-7-15-5-8-16(22)9-6-15/h2-6,8-9,13,19,26H,7,10-12,14H2,1H3/t19-,21-/m0/s1. The Kier molecular flexibility index (Phi) is 6.02. The molecule has 0 aliphatic carbocycles. The summed E-state index contributed by atoms with van der Waals surface area (Å²) < 4.78 is 19.2. The minimum Gasteiger partial charge on any atom is -0.485 e. The fourth-order valence-electron chi connectivity index (χ4n) is 3.17. The molecule has 1 aliphatic heterocycles. The Balaban J connectivity index is 1.61. The number of hydrogen-bond donors (Lipinski definition) is 1. The number of likely N-dealkylation sites (tertiary alicyclic amines) is 1. The van der Waals surface area contributed by atoms with Crippen molar-refractivity contribution in [2.45, 2.75) is 37.9 Å². The summed E-state index contributed by atoms with van der Waals surface area (Å²) in [7, 11) is 0. The molecular weight excluding hydrogens is 369 g/mol. The van der Waals surface area contributed by atoms with Crippen LogP contribution < -0.4 is 4.74 Å². The van der Waals surface area contributed by atoms with E-state index in [-0.39, 0.29) is 12.5 Å². The third-order valence-corrected chi connectivity index (χ3v) is 5.19. The van der Waals surface area contributed by atoms with Gasteiger partial charge in [-0.25, -0.2) is 4.39 Å². The molecule has 0 spiro atoms. The van der Waals surface area contributed by atoms with Gasteiger partial charge in [0.05, 0.1) is 6.54 Å². The maximum absolute atomic E-state index is 13.4. The van der Waals surface area contributed by atoms with Crippen molar-refractivity contribution >= 4 is 17.5 Å². The molecule has 3 rings (SSSR count). The fraction of sp³-hybridized carbons (Fsp3) is 0.381. The van der Waals surface area contributed by atoms with E-state index >= 15 is 0 Å². The van der Waals surface area contributed by atoms with Crippen LogP contribution in [-0.2, 0) is 11.2 Å². The van der Waals surface area contributed by atoms with E-state index in [1.807, 2.05) is 24.3 Å². The van der Waals surface area contributed by atoms with Crippen molar-refractivity contribution in [3.8, 4) is 5.75 Å². The number of hydrogen-bond acceptors (Lipinski definition) is 3. The molecule has 1 saturated heterocycles. The molecule has 144 valence electrons. The largest absolute Gasteiger partial charge is 0.485 e. The first kappa shape index (κ1) is 19.6. The minimum atomic E-state index is -1.08. The van der Waals surface area contributed by atoms with E-state index in [0.717, 1.165) is 5.56 Å². The van der Waals surface area contributed by atoms with Crippen molar-refractivity contribution in [3.05, 3.63) is 64.9 Å². The summed E-state index contributed by atoms with van der Waals surface area (Å²) in [5.74, 6) is -0.0529. The first-order chi connectivity index (χ1) is 12.8. The second-order valence-corrected chi connectivity index (χ2v) is 7.57. The van der Waals surface area contributed by atoms with Crippen LogP contribution in [0.15, 0.2) is 48.5 Å². The number of carbonyl (C=O) groups excluding carboxylic acids is 1. The first-order valence-electron chi connectivity index (χ1n) is 9.00. The van der Waals surface area contributed by atoms with Crippen LogP contribution in [0.3, 0.4) is 0 Å². The molecule has 0 unspecified atom stereocenters. The zero-order chi connectivity index (χ0) is 19.4. The number of halogens is 2. The Morgan fingerprint density at radius 3 is 2.78 bits per heavy atom. The van der Waals surface area contributed by atoms with E-state index < -0.39 is 17.5 Å². The number of aryl methyl sites for hydroxylation is 1. The molecule has 0 saturated carbocycles. The third kappa shape index (κ3) is 5.21. The summed E-state index contributed by atoms with van der Waals surface area (Å²) in [4.78, 5) is 14.3. The Morgan fingerprint density at radius 2 is 2.07 bits per heavy atom. The van der Waals surface area contributed by atoms with Gasteiger partial charge in [0.25, 0.3) is 0 Å². The average Bonchev–Trinajstić information content (AvgIpc) is 2.63. The molecule has 0 aromatic heterocycles. The number of ether oxygens (including phenoxy) is 1. The van der Waals surface area contributed by atoms with Gasteiger partial charge in [0, 0.05) is 24.1 Å². The van der Waals surface area contributed by atoms with Crippen molar-refractivity contribution in [2.75, 3.05) is 13.1 Å². The number of rotatable bonds is 5. The highest BCUT2D eigenvalue weighted by atomic mass is 35.5. The minimum absolute atomic E-state index is 0.00768. The van der Waals surface area contributed by atoms with E-state index in [9.17, 15) is 14.3 Å². The average molecular weight is 392 g/mol. The molecule has 1 aliphatic rings. The van der Waals surface area contributed by atoms with Crippen LogP contribution in [0, 0.1) is 5.82 Å². The SMILES string of the molecule is C[C@]1(O)CCN(C(=O)CCc2ccc(Cl)cc2)C[C@@H]1Oc1cccc(F)c1. The van der Waals surface area contributed by atoms with Crippen LogP contribution in [0.1, 0.15) is 25.3 Å². The van der Waals surface area contributed by atoms with Crippen molar-refractivity contribution in [3.63, 3.8) is 0 Å². The van der Waals surface area contributed by atoms with Gasteiger partial charge in [-0.05, 0) is 49.6 Å². The van der Waals surface area contributed by atoms with Crippen LogP contribution in [0.25, 0.3) is 0 Å². The Morgan fingerprint density at radius 1 is 1.33 bits per heavy atom. The maximum Gasteiger partial charge on any atom is 0.223 e. The monoisotopic (exact) mass is 391 g/mol. The molecule has 1 N–H and O–H groups in total. The molecule has 1 heterocycles. The van der Waals surface area contributed by atoms with Crippen LogP contribution in [0.2, 0.25) is 5.02 Å². The molecule has 2 aromatic carbocycles. The van der Waals surface area contributed by atoms with Gasteiger partial charge in [0.1, 0.15) is 23.3 Å². The third-order valence-electron chi connectivity index (χ3n) is 4.94. The van der Waals surface area contributed by atoms with Crippen LogP contribution in [0.4, 0.5) is 4.39 Å². The predicted molar refractivity (Wildman–Crippen MR) is 102 cm³/mol. The van der Waals surface area contributed by atoms with Gasteiger partial charge in [0.15, 0.2) is 0 Å². The van der Waals surface area contributed by atoms with Gasteiger partial charge < -0.3 is 14.7 Å². The highest BCUT2D eigenvalue weighted by Gasteiger charge is 2.40. The summed E-state index contributed by atoms with van der Waals surface area (Å²) >= 11 is 5.88. The molecule has 1 fully saturated rings. The summed E-state index contributed by atoms with van der Waals surface area (Å²) in [5, 5.41) is 11.3. The highest BCUT2D eigenvalue weighted by Crippen LogP contribution is 2.27. The van der Waals surface area contributed by atoms with Crippen LogP contribution >= 0.6 is 11.6 Å². The molecule has 6 heteroatoms. The molecule has 0 bridgehead atoms. The topological polar surface area (TPSA) is 49.8 Å². The smallest absolute Gasteiger partial charge is 0.223 e. The van der Waals surface area contributed by atoms with Crippen molar-refractivity contribution in [1.82, 2.24) is 4.90 Å². The number of piperidine rings is 1. The van der Waals surface area contributed by atoms with Crippen molar-refractivity contribution < 1.29 is 19.0 Å². The van der Waals surface area contributed by atoms with Gasteiger partial charge in [-0.1, -0.05) is 29.8 Å². The molecule has 1 amide bonds. The second kappa shape index (κ2) is 8.28. The zero-order valence-corrected chi connectivity index (χ0v) is 16.0. The Bertz CT molecular complexity index is 794. The molecule has 27 heavy (non-hydrogen) atoms. The summed E-state index contributed by atoms with van der Waals surface area (Å²) in [6, 6.07) is 13.2. The highest BCUT2D eigenvalue weighted by molar-refractivity contribution is 6.30. The van der Waals surface area contributed by atoms with Crippen molar-refractivity contribution in [2.24, 2.45) is 0 Å². The number of aliphatic hydroxyl groups is 1. The van der Waals surface area contributed by atoms with Gasteiger partial charge in [-0.2, -0.15) is 0 Å². The van der Waals surface area contributed by atoms with E-state index in [1.54, 1.807) is 24.0 Å². The van der Waals surface area contributed by atoms with Gasteiger partial charge in [-0.15, -0.1) is 0 Å². The van der Waals surface area contributed by atoms with Gasteiger partial charge in [0.2, 0.25) is 5.91 Å². The maximum atomic E-state index is 13.4. The van der Waals surface area contributed by atoms with Crippen LogP contribution in [0.5, 0.6) is 5.75 Å². The normalized spacial score (nSPS) is 22.5. The predicted octanol–water partition coefficient (Wildman–Crippen LogP) is 3.84. The summed E-state index contributed by atoms with van der Waals surface area (Å²) in [6.45, 7) is 2.42. The number of amides is 1. The number of benzene rings is 2. The lowest BCUT2D eigenvalue weighted by molar-refractivity contribution is -0.143. The quantitative estimate of drug-likeness (QED) is 0.842. The molecular formula is C21H23ClFNO3. The molecule has 0 radical (unpaired) electrons. The molecule has 2 aromatic rings. The zero-order valence-electron chi connectivity index (χ0n) is 15.2. The number of nitrogens with zero attached hydrogens (tertiary/aromatic N) is 1. The van der Waals surface area contributed by atoms with Gasteiger partial charge >= 0.3 is 0 Å². The lowest BCUT2D eigenvalue weighted by Gasteiger charge is -2.42. The Labute approximate surface area is 163 Å². The Hall–Kier alpha value is -2.11.